The van der Waals surface area contributed by atoms with E-state index in [0.717, 1.165) is 30.6 Å². The van der Waals surface area contributed by atoms with Gasteiger partial charge in [-0.15, -0.1) is 24.8 Å². The summed E-state index contributed by atoms with van der Waals surface area (Å²) in [5.41, 5.74) is 7.70. The summed E-state index contributed by atoms with van der Waals surface area (Å²) in [5, 5.41) is 3.07. The van der Waals surface area contributed by atoms with Crippen molar-refractivity contribution in [1.29, 1.82) is 0 Å². The first-order chi connectivity index (χ1) is 12.2. The maximum Gasteiger partial charge on any atom is 0.253 e. The van der Waals surface area contributed by atoms with Gasteiger partial charge in [-0.1, -0.05) is 37.5 Å². The SMILES string of the molecule is CN(Cc1ccccc1NC(=O)[C@@H]1CC[C@H](CN)O1)C1CCCCC1.Cl.Cl. The van der Waals surface area contributed by atoms with Crippen molar-refractivity contribution in [1.82, 2.24) is 4.90 Å². The van der Waals surface area contributed by atoms with E-state index in [0.29, 0.717) is 12.6 Å². The number of hydrogen-bond donors (Lipinski definition) is 2. The molecule has 5 nitrogen and oxygen atoms in total. The average molecular weight is 418 g/mol. The number of benzene rings is 1. The lowest BCUT2D eigenvalue weighted by atomic mass is 9.94. The van der Waals surface area contributed by atoms with Crippen LogP contribution >= 0.6 is 24.8 Å². The van der Waals surface area contributed by atoms with Gasteiger partial charge in [0.2, 0.25) is 0 Å². The highest BCUT2D eigenvalue weighted by molar-refractivity contribution is 5.95. The van der Waals surface area contributed by atoms with E-state index in [1.54, 1.807) is 0 Å². The fraction of sp³-hybridized carbons (Fsp3) is 0.650. The Morgan fingerprint density at radius 3 is 2.52 bits per heavy atom. The number of halogens is 2. The number of anilines is 1. The lowest BCUT2D eigenvalue weighted by molar-refractivity contribution is -0.126. The number of nitrogens with one attached hydrogen (secondary N) is 1. The predicted molar refractivity (Wildman–Crippen MR) is 115 cm³/mol. The van der Waals surface area contributed by atoms with E-state index in [4.69, 9.17) is 10.5 Å². The van der Waals surface area contributed by atoms with E-state index in [-0.39, 0.29) is 42.9 Å². The van der Waals surface area contributed by atoms with Crippen molar-refractivity contribution >= 4 is 36.4 Å². The molecular weight excluding hydrogens is 385 g/mol. The van der Waals surface area contributed by atoms with E-state index in [1.807, 2.05) is 18.2 Å². The Labute approximate surface area is 175 Å². The van der Waals surface area contributed by atoms with Gasteiger partial charge in [-0.3, -0.25) is 9.69 Å². The molecule has 1 saturated carbocycles. The summed E-state index contributed by atoms with van der Waals surface area (Å²) in [7, 11) is 2.19. The number of carbonyl (C=O) groups excluding carboxylic acids is 1. The molecule has 0 bridgehead atoms. The number of carbonyl (C=O) groups is 1. The van der Waals surface area contributed by atoms with Crippen LogP contribution in [0.5, 0.6) is 0 Å². The maximum absolute atomic E-state index is 12.5. The van der Waals surface area contributed by atoms with Crippen LogP contribution in [0.15, 0.2) is 24.3 Å². The Hall–Kier alpha value is -0.850. The Morgan fingerprint density at radius 2 is 1.85 bits per heavy atom. The molecule has 1 aromatic carbocycles. The van der Waals surface area contributed by atoms with Crippen LogP contribution in [-0.2, 0) is 16.1 Å². The van der Waals surface area contributed by atoms with Crippen molar-refractivity contribution in [2.75, 3.05) is 18.9 Å². The number of nitrogens with zero attached hydrogens (tertiary/aromatic N) is 1. The molecule has 0 radical (unpaired) electrons. The van der Waals surface area contributed by atoms with Gasteiger partial charge in [-0.25, -0.2) is 0 Å². The van der Waals surface area contributed by atoms with Crippen molar-refractivity contribution in [2.24, 2.45) is 5.73 Å². The Morgan fingerprint density at radius 1 is 1.15 bits per heavy atom. The molecule has 1 aliphatic heterocycles. The summed E-state index contributed by atoms with van der Waals surface area (Å²) in [6.45, 7) is 1.34. The molecule has 0 aromatic heterocycles. The third-order valence-electron chi connectivity index (χ3n) is 5.56. The van der Waals surface area contributed by atoms with Gasteiger partial charge < -0.3 is 15.8 Å². The van der Waals surface area contributed by atoms with E-state index in [2.05, 4.69) is 23.3 Å². The smallest absolute Gasteiger partial charge is 0.253 e. The topological polar surface area (TPSA) is 67.6 Å². The van der Waals surface area contributed by atoms with Gasteiger partial charge in [0.15, 0.2) is 0 Å². The fourth-order valence-corrected chi connectivity index (χ4v) is 3.98. The zero-order valence-electron chi connectivity index (χ0n) is 16.1. The van der Waals surface area contributed by atoms with Crippen LogP contribution in [0.25, 0.3) is 0 Å². The first-order valence-electron chi connectivity index (χ1n) is 9.62. The quantitative estimate of drug-likeness (QED) is 0.739. The summed E-state index contributed by atoms with van der Waals surface area (Å²) >= 11 is 0. The second kappa shape index (κ2) is 11.9. The lowest BCUT2D eigenvalue weighted by Gasteiger charge is -2.31. The van der Waals surface area contributed by atoms with Gasteiger partial charge in [0.1, 0.15) is 6.10 Å². The minimum absolute atomic E-state index is 0. The standard InChI is InChI=1S/C20H31N3O2.2ClH/c1-23(16-8-3-2-4-9-16)14-15-7-5-6-10-18(15)22-20(24)19-12-11-17(13-21)25-19;;/h5-7,10,16-17,19H,2-4,8-9,11-14,21H2,1H3,(H,22,24);2*1H/t17-,19+;;/m1../s1. The molecule has 7 heteroatoms. The summed E-state index contributed by atoms with van der Waals surface area (Å²) in [6.07, 6.45) is 7.83. The molecule has 154 valence electrons. The molecule has 1 amide bonds. The average Bonchev–Trinajstić information content (AvgIpc) is 3.13. The molecule has 1 aromatic rings. The van der Waals surface area contributed by atoms with Gasteiger partial charge in [0.05, 0.1) is 6.10 Å². The van der Waals surface area contributed by atoms with Crippen LogP contribution in [0, 0.1) is 0 Å². The van der Waals surface area contributed by atoms with Crippen molar-refractivity contribution in [3.05, 3.63) is 29.8 Å². The first kappa shape index (κ1) is 24.2. The molecular formula is C20H33Cl2N3O2. The summed E-state index contributed by atoms with van der Waals surface area (Å²) < 4.78 is 5.71. The van der Waals surface area contributed by atoms with Gasteiger partial charge in [0, 0.05) is 24.8 Å². The second-order valence-electron chi connectivity index (χ2n) is 7.41. The molecule has 2 aliphatic rings. The van der Waals surface area contributed by atoms with E-state index in [9.17, 15) is 4.79 Å². The highest BCUT2D eigenvalue weighted by Crippen LogP contribution is 2.26. The number of nitrogens with two attached hydrogens (primary N) is 1. The van der Waals surface area contributed by atoms with E-state index < -0.39 is 0 Å². The van der Waals surface area contributed by atoms with Gasteiger partial charge in [-0.05, 0) is 44.4 Å². The van der Waals surface area contributed by atoms with Crippen LogP contribution in [-0.4, -0.2) is 42.6 Å². The van der Waals surface area contributed by atoms with Crippen molar-refractivity contribution in [3.63, 3.8) is 0 Å². The Bertz CT molecular complexity index is 582. The zero-order chi connectivity index (χ0) is 17.6. The molecule has 2 fully saturated rings. The highest BCUT2D eigenvalue weighted by atomic mass is 35.5. The number of para-hydroxylation sites is 1. The summed E-state index contributed by atoms with van der Waals surface area (Å²) in [5.74, 6) is -0.0521. The normalized spacial score (nSPS) is 22.8. The minimum atomic E-state index is -0.377. The third-order valence-corrected chi connectivity index (χ3v) is 5.56. The fourth-order valence-electron chi connectivity index (χ4n) is 3.98. The molecule has 0 unspecified atom stereocenters. The Balaban J connectivity index is 0.00000182. The van der Waals surface area contributed by atoms with Gasteiger partial charge >= 0.3 is 0 Å². The first-order valence-corrected chi connectivity index (χ1v) is 9.62. The second-order valence-corrected chi connectivity index (χ2v) is 7.41. The lowest BCUT2D eigenvalue weighted by Crippen LogP contribution is -2.33. The predicted octanol–water partition coefficient (Wildman–Crippen LogP) is 3.74. The van der Waals surface area contributed by atoms with Crippen LogP contribution in [0.3, 0.4) is 0 Å². The number of rotatable bonds is 6. The van der Waals surface area contributed by atoms with E-state index in [1.165, 1.54) is 32.1 Å². The third kappa shape index (κ3) is 6.61. The van der Waals surface area contributed by atoms with Gasteiger partial charge in [-0.2, -0.15) is 0 Å². The zero-order valence-corrected chi connectivity index (χ0v) is 17.7. The number of amides is 1. The maximum atomic E-state index is 12.5. The van der Waals surface area contributed by atoms with Crippen molar-refractivity contribution < 1.29 is 9.53 Å². The molecule has 1 saturated heterocycles. The number of hydrogen-bond acceptors (Lipinski definition) is 4. The van der Waals surface area contributed by atoms with E-state index >= 15 is 0 Å². The van der Waals surface area contributed by atoms with Gasteiger partial charge in [0.25, 0.3) is 5.91 Å². The minimum Gasteiger partial charge on any atom is -0.364 e. The summed E-state index contributed by atoms with van der Waals surface area (Å²) in [4.78, 5) is 15.0. The molecule has 27 heavy (non-hydrogen) atoms. The molecule has 0 spiro atoms. The number of ether oxygens (including phenoxy) is 1. The van der Waals surface area contributed by atoms with Crippen LogP contribution in [0.4, 0.5) is 5.69 Å². The molecule has 3 rings (SSSR count). The van der Waals surface area contributed by atoms with Crippen LogP contribution in [0.1, 0.15) is 50.5 Å². The van der Waals surface area contributed by atoms with Crippen molar-refractivity contribution in [2.45, 2.75) is 69.7 Å². The van der Waals surface area contributed by atoms with Crippen LogP contribution < -0.4 is 11.1 Å². The Kier molecular flexibility index (Phi) is 10.6. The molecule has 1 heterocycles. The molecule has 3 N–H and O–H groups in total. The highest BCUT2D eigenvalue weighted by Gasteiger charge is 2.30. The van der Waals surface area contributed by atoms with Crippen molar-refractivity contribution in [3.8, 4) is 0 Å². The van der Waals surface area contributed by atoms with Crippen LogP contribution in [0.2, 0.25) is 0 Å². The monoisotopic (exact) mass is 417 g/mol. The largest absolute Gasteiger partial charge is 0.364 e. The molecule has 1 aliphatic carbocycles. The summed E-state index contributed by atoms with van der Waals surface area (Å²) in [6, 6.07) is 8.75. The molecule has 2 atom stereocenters.